The van der Waals surface area contributed by atoms with E-state index in [-0.39, 0.29) is 11.1 Å². The van der Waals surface area contributed by atoms with Gasteiger partial charge in [-0.3, -0.25) is 0 Å². The average molecular weight is 438 g/mol. The Kier molecular flexibility index (Phi) is 9.45. The molecule has 1 amide bonds. The molecule has 2 aromatic carbocycles. The molecule has 0 bridgehead atoms. The zero-order valence-electron chi connectivity index (χ0n) is 17.6. The van der Waals surface area contributed by atoms with E-state index in [2.05, 4.69) is 18.5 Å². The lowest BCUT2D eigenvalue weighted by molar-refractivity contribution is 0.0513. The van der Waals surface area contributed by atoms with Crippen LogP contribution in [0.1, 0.15) is 44.0 Å². The van der Waals surface area contributed by atoms with Crippen molar-refractivity contribution >= 4 is 6.09 Å². The average Bonchev–Trinajstić information content (AvgIpc) is 2.65. The van der Waals surface area contributed by atoms with Gasteiger partial charge >= 0.3 is 6.09 Å². The molecular weight excluding hydrogens is 412 g/mol. The molecule has 0 spiro atoms. The summed E-state index contributed by atoms with van der Waals surface area (Å²) in [4.78, 5) is 11.6. The maximum Gasteiger partial charge on any atom is 0.408 e. The molecule has 0 aliphatic rings. The van der Waals surface area contributed by atoms with E-state index in [0.29, 0.717) is 0 Å². The molecular formula is C23H26F4N2O2. The third kappa shape index (κ3) is 7.90. The number of alkyl carbamates (subject to hydrolysis) is 1. The molecule has 2 aromatic rings. The number of carbonyl (C=O) groups excluding carboxylic acids is 1. The summed E-state index contributed by atoms with van der Waals surface area (Å²) in [5.74, 6) is -2.77. The zero-order chi connectivity index (χ0) is 23.8. The van der Waals surface area contributed by atoms with Crippen molar-refractivity contribution in [3.63, 3.8) is 0 Å². The van der Waals surface area contributed by atoms with Gasteiger partial charge in [-0.2, -0.15) is 0 Å². The van der Waals surface area contributed by atoms with Gasteiger partial charge in [-0.15, -0.1) is 13.2 Å². The van der Waals surface area contributed by atoms with Crippen LogP contribution in [0.15, 0.2) is 61.7 Å². The van der Waals surface area contributed by atoms with Gasteiger partial charge < -0.3 is 15.8 Å². The number of hydrogen-bond acceptors (Lipinski definition) is 3. The highest BCUT2D eigenvalue weighted by Crippen LogP contribution is 2.22. The first-order valence-electron chi connectivity index (χ1n) is 9.29. The molecule has 0 aliphatic carbocycles. The Morgan fingerprint density at radius 3 is 1.71 bits per heavy atom. The molecule has 0 unspecified atom stereocenters. The molecule has 4 nitrogen and oxygen atoms in total. The molecule has 0 heterocycles. The van der Waals surface area contributed by atoms with Crippen LogP contribution >= 0.6 is 0 Å². The second-order valence-corrected chi connectivity index (χ2v) is 7.39. The Hall–Kier alpha value is -3.13. The van der Waals surface area contributed by atoms with Crippen LogP contribution in [0.3, 0.4) is 0 Å². The van der Waals surface area contributed by atoms with Crippen molar-refractivity contribution < 1.29 is 27.1 Å². The topological polar surface area (TPSA) is 64.3 Å². The normalized spacial score (nSPS) is 12.6. The fraction of sp³-hybridized carbons (Fsp3) is 0.261. The summed E-state index contributed by atoms with van der Waals surface area (Å²) >= 11 is 0. The van der Waals surface area contributed by atoms with E-state index in [1.165, 1.54) is 36.4 Å². The molecule has 8 heteroatoms. The molecule has 0 aliphatic heterocycles. The number of ether oxygens (including phenoxy) is 1. The third-order valence-electron chi connectivity index (χ3n) is 3.81. The van der Waals surface area contributed by atoms with Gasteiger partial charge in [0, 0.05) is 11.1 Å². The third-order valence-corrected chi connectivity index (χ3v) is 3.81. The van der Waals surface area contributed by atoms with E-state index in [0.717, 1.165) is 12.1 Å². The molecule has 0 saturated carbocycles. The first-order valence-corrected chi connectivity index (χ1v) is 9.29. The van der Waals surface area contributed by atoms with Gasteiger partial charge in [0.25, 0.3) is 0 Å². The SMILES string of the molecule is C=C[C@@H](N)c1c(F)cccc1F.C=C[C@@H](NC(=O)OC(C)(C)C)c1c(F)cccc1F. The molecule has 2 rings (SSSR count). The number of rotatable bonds is 5. The molecule has 0 fully saturated rings. The van der Waals surface area contributed by atoms with Gasteiger partial charge in [-0.1, -0.05) is 24.3 Å². The second-order valence-electron chi connectivity index (χ2n) is 7.39. The lowest BCUT2D eigenvalue weighted by Crippen LogP contribution is -2.34. The summed E-state index contributed by atoms with van der Waals surface area (Å²) in [6.45, 7) is 11.9. The number of carbonyl (C=O) groups is 1. The fourth-order valence-corrected chi connectivity index (χ4v) is 2.44. The van der Waals surface area contributed by atoms with Crippen LogP contribution in [-0.4, -0.2) is 11.7 Å². The summed E-state index contributed by atoms with van der Waals surface area (Å²) in [5, 5.41) is 2.36. The maximum absolute atomic E-state index is 13.6. The summed E-state index contributed by atoms with van der Waals surface area (Å²) in [5.41, 5.74) is 4.31. The summed E-state index contributed by atoms with van der Waals surface area (Å²) in [7, 11) is 0. The Bertz CT molecular complexity index is 886. The van der Waals surface area contributed by atoms with E-state index in [1.54, 1.807) is 20.8 Å². The number of halogens is 4. The van der Waals surface area contributed by atoms with Crippen LogP contribution in [0, 0.1) is 23.3 Å². The van der Waals surface area contributed by atoms with Crippen LogP contribution in [-0.2, 0) is 4.74 Å². The molecule has 0 saturated heterocycles. The van der Waals surface area contributed by atoms with Crippen LogP contribution in [0.25, 0.3) is 0 Å². The number of benzene rings is 2. The van der Waals surface area contributed by atoms with Crippen LogP contribution in [0.2, 0.25) is 0 Å². The highest BCUT2D eigenvalue weighted by atomic mass is 19.1. The molecule has 2 atom stereocenters. The van der Waals surface area contributed by atoms with Gasteiger partial charge in [0.15, 0.2) is 0 Å². The van der Waals surface area contributed by atoms with Crippen molar-refractivity contribution in [2.75, 3.05) is 0 Å². The first kappa shape index (κ1) is 25.9. The van der Waals surface area contributed by atoms with Crippen molar-refractivity contribution in [1.29, 1.82) is 0 Å². The Balaban J connectivity index is 0.000000343. The quantitative estimate of drug-likeness (QED) is 0.454. The molecule has 31 heavy (non-hydrogen) atoms. The number of nitrogens with two attached hydrogens (primary N) is 1. The Morgan fingerprint density at radius 2 is 1.35 bits per heavy atom. The predicted octanol–water partition coefficient (Wildman–Crippen LogP) is 5.87. The minimum atomic E-state index is -0.990. The van der Waals surface area contributed by atoms with Crippen molar-refractivity contribution in [2.45, 2.75) is 38.5 Å². The molecule has 0 radical (unpaired) electrons. The van der Waals surface area contributed by atoms with Gasteiger partial charge in [-0.05, 0) is 45.0 Å². The predicted molar refractivity (Wildman–Crippen MR) is 112 cm³/mol. The fourth-order valence-electron chi connectivity index (χ4n) is 2.44. The van der Waals surface area contributed by atoms with E-state index >= 15 is 0 Å². The van der Waals surface area contributed by atoms with Crippen LogP contribution < -0.4 is 11.1 Å². The van der Waals surface area contributed by atoms with Gasteiger partial charge in [-0.25, -0.2) is 22.4 Å². The highest BCUT2D eigenvalue weighted by molar-refractivity contribution is 5.68. The molecule has 0 aromatic heterocycles. The summed E-state index contributed by atoms with van der Waals surface area (Å²) in [6.07, 6.45) is 1.77. The highest BCUT2D eigenvalue weighted by Gasteiger charge is 2.22. The Morgan fingerprint density at radius 1 is 0.935 bits per heavy atom. The minimum absolute atomic E-state index is 0.132. The number of amides is 1. The minimum Gasteiger partial charge on any atom is -0.444 e. The van der Waals surface area contributed by atoms with E-state index < -0.39 is 47.0 Å². The van der Waals surface area contributed by atoms with Crippen molar-refractivity contribution in [1.82, 2.24) is 5.32 Å². The second kappa shape index (κ2) is 11.3. The van der Waals surface area contributed by atoms with Crippen LogP contribution in [0.4, 0.5) is 22.4 Å². The first-order chi connectivity index (χ1) is 14.4. The lowest BCUT2D eigenvalue weighted by Gasteiger charge is -2.22. The largest absolute Gasteiger partial charge is 0.444 e. The van der Waals surface area contributed by atoms with Gasteiger partial charge in [0.2, 0.25) is 0 Å². The zero-order valence-corrected chi connectivity index (χ0v) is 17.6. The number of nitrogens with one attached hydrogen (secondary N) is 1. The summed E-state index contributed by atoms with van der Waals surface area (Å²) in [6, 6.07) is 5.34. The van der Waals surface area contributed by atoms with Crippen molar-refractivity contribution in [3.8, 4) is 0 Å². The maximum atomic E-state index is 13.6. The van der Waals surface area contributed by atoms with Crippen molar-refractivity contribution in [2.24, 2.45) is 5.73 Å². The lowest BCUT2D eigenvalue weighted by atomic mass is 10.1. The Labute approximate surface area is 179 Å². The van der Waals surface area contributed by atoms with Gasteiger partial charge in [0.05, 0.1) is 12.1 Å². The van der Waals surface area contributed by atoms with Crippen molar-refractivity contribution in [3.05, 3.63) is 96.1 Å². The monoisotopic (exact) mass is 438 g/mol. The van der Waals surface area contributed by atoms with E-state index in [9.17, 15) is 22.4 Å². The summed E-state index contributed by atoms with van der Waals surface area (Å²) < 4.78 is 58.1. The molecule has 3 N–H and O–H groups in total. The van der Waals surface area contributed by atoms with E-state index in [1.807, 2.05) is 0 Å². The van der Waals surface area contributed by atoms with Gasteiger partial charge in [0.1, 0.15) is 28.9 Å². The van der Waals surface area contributed by atoms with E-state index in [4.69, 9.17) is 10.5 Å². The molecule has 168 valence electrons. The standard InChI is InChI=1S/C14H17F2NO2.C9H9F2N/c1-5-11(17-13(18)19-14(2,3)4)12-9(15)7-6-8-10(12)16;1-2-8(12)9-6(10)4-3-5-7(9)11/h5-8,11H,1H2,2-4H3,(H,17,18);2-5,8H,1,12H2/t11-;8-/m11/s1. The number of hydrogen-bond donors (Lipinski definition) is 2. The smallest absolute Gasteiger partial charge is 0.408 e. The van der Waals surface area contributed by atoms with Crippen LogP contribution in [0.5, 0.6) is 0 Å².